The smallest absolute Gasteiger partial charge is 0.338 e. The van der Waals surface area contributed by atoms with Crippen LogP contribution in [0.1, 0.15) is 15.9 Å². The first-order chi connectivity index (χ1) is 11.0. The molecule has 0 aliphatic rings. The Kier molecular flexibility index (Phi) is 5.58. The maximum atomic E-state index is 11.8. The average molecular weight is 349 g/mol. The summed E-state index contributed by atoms with van der Waals surface area (Å²) in [5, 5.41) is 12.0. The molecule has 0 unspecified atom stereocenters. The highest BCUT2D eigenvalue weighted by molar-refractivity contribution is 6.35. The Labute approximate surface area is 142 Å². The zero-order chi connectivity index (χ0) is 16.8. The molecule has 0 bridgehead atoms. The maximum Gasteiger partial charge on any atom is 0.338 e. The van der Waals surface area contributed by atoms with Crippen LogP contribution in [0, 0.1) is 11.3 Å². The first kappa shape index (κ1) is 16.8. The molecule has 0 heterocycles. The minimum absolute atomic E-state index is 0.197. The summed E-state index contributed by atoms with van der Waals surface area (Å²) in [5.41, 5.74) is 0.926. The highest BCUT2D eigenvalue weighted by Gasteiger charge is 2.11. The number of nitrogens with one attached hydrogen (secondary N) is 1. The SMILES string of the molecule is N#Cc1cccc(C(=O)OCC(=O)Nc2cc(Cl)cc(Cl)c2)c1. The van der Waals surface area contributed by atoms with E-state index in [-0.39, 0.29) is 5.56 Å². The summed E-state index contributed by atoms with van der Waals surface area (Å²) in [6.45, 7) is -0.472. The van der Waals surface area contributed by atoms with Gasteiger partial charge in [-0.3, -0.25) is 4.79 Å². The second-order valence-corrected chi connectivity index (χ2v) is 5.35. The minimum Gasteiger partial charge on any atom is -0.452 e. The lowest BCUT2D eigenvalue weighted by Crippen LogP contribution is -2.21. The standard InChI is InChI=1S/C16H10Cl2N2O3/c17-12-5-13(18)7-14(6-12)20-15(21)9-23-16(22)11-3-1-2-10(4-11)8-19/h1-7H,9H2,(H,20,21). The van der Waals surface area contributed by atoms with Crippen LogP contribution in [0.3, 0.4) is 0 Å². The molecule has 2 aromatic rings. The molecule has 0 radical (unpaired) electrons. The molecule has 0 aromatic heterocycles. The third-order valence-electron chi connectivity index (χ3n) is 2.71. The normalized spacial score (nSPS) is 9.78. The van der Waals surface area contributed by atoms with Crippen molar-refractivity contribution in [2.24, 2.45) is 0 Å². The van der Waals surface area contributed by atoms with Gasteiger partial charge in [-0.2, -0.15) is 5.26 Å². The van der Waals surface area contributed by atoms with Crippen molar-refractivity contribution in [3.63, 3.8) is 0 Å². The molecule has 0 saturated carbocycles. The molecule has 0 aliphatic heterocycles. The Bertz CT molecular complexity index is 780. The number of anilines is 1. The van der Waals surface area contributed by atoms with E-state index in [2.05, 4.69) is 5.32 Å². The van der Waals surface area contributed by atoms with Gasteiger partial charge in [0.05, 0.1) is 17.2 Å². The van der Waals surface area contributed by atoms with Crippen LogP contribution in [-0.2, 0) is 9.53 Å². The first-order valence-corrected chi connectivity index (χ1v) is 7.17. The molecule has 23 heavy (non-hydrogen) atoms. The van der Waals surface area contributed by atoms with Gasteiger partial charge < -0.3 is 10.1 Å². The fourth-order valence-electron chi connectivity index (χ4n) is 1.75. The number of esters is 1. The number of nitrogens with zero attached hydrogens (tertiary/aromatic N) is 1. The fourth-order valence-corrected chi connectivity index (χ4v) is 2.28. The van der Waals surface area contributed by atoms with Gasteiger partial charge in [0.25, 0.3) is 5.91 Å². The van der Waals surface area contributed by atoms with Gasteiger partial charge in [-0.05, 0) is 36.4 Å². The van der Waals surface area contributed by atoms with Crippen LogP contribution >= 0.6 is 23.2 Å². The van der Waals surface area contributed by atoms with Crippen molar-refractivity contribution in [1.29, 1.82) is 5.26 Å². The minimum atomic E-state index is -0.693. The summed E-state index contributed by atoms with van der Waals surface area (Å²) in [6, 6.07) is 12.5. The van der Waals surface area contributed by atoms with Crippen LogP contribution in [0.25, 0.3) is 0 Å². The van der Waals surface area contributed by atoms with Crippen LogP contribution in [0.2, 0.25) is 10.0 Å². The van der Waals surface area contributed by atoms with E-state index < -0.39 is 18.5 Å². The van der Waals surface area contributed by atoms with Crippen molar-refractivity contribution < 1.29 is 14.3 Å². The predicted molar refractivity (Wildman–Crippen MR) is 86.5 cm³/mol. The molecular weight excluding hydrogens is 339 g/mol. The van der Waals surface area contributed by atoms with Crippen molar-refractivity contribution in [2.75, 3.05) is 11.9 Å². The number of hydrogen-bond acceptors (Lipinski definition) is 4. The summed E-state index contributed by atoms with van der Waals surface area (Å²) < 4.78 is 4.90. The zero-order valence-corrected chi connectivity index (χ0v) is 13.2. The molecule has 7 heteroatoms. The van der Waals surface area contributed by atoms with Gasteiger partial charge in [0.1, 0.15) is 0 Å². The van der Waals surface area contributed by atoms with Gasteiger partial charge in [0, 0.05) is 15.7 Å². The molecule has 116 valence electrons. The molecule has 1 amide bonds. The molecule has 0 fully saturated rings. The number of benzene rings is 2. The molecule has 0 saturated heterocycles. The highest BCUT2D eigenvalue weighted by Crippen LogP contribution is 2.22. The lowest BCUT2D eigenvalue weighted by molar-refractivity contribution is -0.119. The van der Waals surface area contributed by atoms with Crippen LogP contribution in [0.15, 0.2) is 42.5 Å². The second-order valence-electron chi connectivity index (χ2n) is 4.48. The molecule has 2 rings (SSSR count). The van der Waals surface area contributed by atoms with Crippen molar-refractivity contribution in [3.8, 4) is 6.07 Å². The van der Waals surface area contributed by atoms with Crippen molar-refractivity contribution >= 4 is 40.8 Å². The molecule has 1 N–H and O–H groups in total. The number of ether oxygens (including phenoxy) is 1. The molecule has 2 aromatic carbocycles. The van der Waals surface area contributed by atoms with E-state index >= 15 is 0 Å². The Morgan fingerprint density at radius 2 is 1.83 bits per heavy atom. The predicted octanol–water partition coefficient (Wildman–Crippen LogP) is 3.66. The Hall–Kier alpha value is -2.55. The number of amides is 1. The van der Waals surface area contributed by atoms with E-state index in [1.165, 1.54) is 30.3 Å². The summed E-state index contributed by atoms with van der Waals surface area (Å²) in [5.74, 6) is -1.23. The van der Waals surface area contributed by atoms with Gasteiger partial charge in [0.15, 0.2) is 6.61 Å². The number of carbonyl (C=O) groups excluding carboxylic acids is 2. The number of halogens is 2. The van der Waals surface area contributed by atoms with E-state index in [9.17, 15) is 9.59 Å². The van der Waals surface area contributed by atoms with E-state index in [1.807, 2.05) is 6.07 Å². The summed E-state index contributed by atoms with van der Waals surface area (Å²) in [4.78, 5) is 23.6. The van der Waals surface area contributed by atoms with Gasteiger partial charge in [0.2, 0.25) is 0 Å². The van der Waals surface area contributed by atoms with E-state index in [1.54, 1.807) is 12.1 Å². The van der Waals surface area contributed by atoms with Gasteiger partial charge in [-0.15, -0.1) is 0 Å². The average Bonchev–Trinajstić information content (AvgIpc) is 2.51. The molecule has 0 atom stereocenters. The van der Waals surface area contributed by atoms with Crippen LogP contribution in [0.4, 0.5) is 5.69 Å². The summed E-state index contributed by atoms with van der Waals surface area (Å²) in [6.07, 6.45) is 0. The summed E-state index contributed by atoms with van der Waals surface area (Å²) in [7, 11) is 0. The van der Waals surface area contributed by atoms with Gasteiger partial charge in [-0.25, -0.2) is 4.79 Å². The van der Waals surface area contributed by atoms with Crippen LogP contribution < -0.4 is 5.32 Å². The van der Waals surface area contributed by atoms with Crippen molar-refractivity contribution in [3.05, 3.63) is 63.6 Å². The third kappa shape index (κ3) is 4.99. The molecule has 0 spiro atoms. The zero-order valence-electron chi connectivity index (χ0n) is 11.7. The fraction of sp³-hybridized carbons (Fsp3) is 0.0625. The number of nitriles is 1. The molecule has 5 nitrogen and oxygen atoms in total. The first-order valence-electron chi connectivity index (χ1n) is 6.41. The van der Waals surface area contributed by atoms with Gasteiger partial charge >= 0.3 is 5.97 Å². The topological polar surface area (TPSA) is 79.2 Å². The Morgan fingerprint density at radius 1 is 1.13 bits per heavy atom. The van der Waals surface area contributed by atoms with Crippen LogP contribution in [-0.4, -0.2) is 18.5 Å². The summed E-state index contributed by atoms with van der Waals surface area (Å²) >= 11 is 11.6. The maximum absolute atomic E-state index is 11.8. The number of rotatable bonds is 4. The quantitative estimate of drug-likeness (QED) is 0.855. The van der Waals surface area contributed by atoms with E-state index in [0.717, 1.165) is 0 Å². The molecule has 0 aliphatic carbocycles. The third-order valence-corrected chi connectivity index (χ3v) is 3.14. The number of hydrogen-bond donors (Lipinski definition) is 1. The lowest BCUT2D eigenvalue weighted by Gasteiger charge is -2.07. The monoisotopic (exact) mass is 348 g/mol. The Morgan fingerprint density at radius 3 is 2.48 bits per heavy atom. The van der Waals surface area contributed by atoms with E-state index in [0.29, 0.717) is 21.3 Å². The largest absolute Gasteiger partial charge is 0.452 e. The van der Waals surface area contributed by atoms with Gasteiger partial charge in [-0.1, -0.05) is 29.3 Å². The second kappa shape index (κ2) is 7.63. The highest BCUT2D eigenvalue weighted by atomic mass is 35.5. The number of carbonyl (C=O) groups is 2. The van der Waals surface area contributed by atoms with Crippen molar-refractivity contribution in [2.45, 2.75) is 0 Å². The van der Waals surface area contributed by atoms with E-state index in [4.69, 9.17) is 33.2 Å². The Balaban J connectivity index is 1.93. The lowest BCUT2D eigenvalue weighted by atomic mass is 10.1. The van der Waals surface area contributed by atoms with Crippen molar-refractivity contribution in [1.82, 2.24) is 0 Å². The molecular formula is C16H10Cl2N2O3. The van der Waals surface area contributed by atoms with Crippen LogP contribution in [0.5, 0.6) is 0 Å².